The standard InChI is InChI=1S/C13H26N2Si/c1-8-14(11(3)4)16(9-2)13(7)10-15(16)12(5)6/h9,11-12H,2,7-8,10H2,1,3-6H3. The van der Waals surface area contributed by atoms with Crippen LogP contribution in [0.3, 0.4) is 0 Å². The van der Waals surface area contributed by atoms with Gasteiger partial charge in [-0.25, -0.2) is 0 Å². The van der Waals surface area contributed by atoms with Crippen LogP contribution in [0.15, 0.2) is 24.1 Å². The second-order valence-corrected chi connectivity index (χ2v) is 8.85. The Labute approximate surface area is 102 Å². The molecule has 0 aromatic carbocycles. The number of hydrogen-bond acceptors (Lipinski definition) is 2. The molecule has 0 aromatic heterocycles. The molecule has 1 atom stereocenters. The Bertz CT molecular complexity index is 286. The first-order valence-electron chi connectivity index (χ1n) is 6.27. The van der Waals surface area contributed by atoms with Crippen molar-refractivity contribution in [2.24, 2.45) is 0 Å². The summed E-state index contributed by atoms with van der Waals surface area (Å²) < 4.78 is 5.21. The molecule has 3 heteroatoms. The molecular formula is C13H26N2Si. The van der Waals surface area contributed by atoms with Crippen LogP contribution in [0.5, 0.6) is 0 Å². The van der Waals surface area contributed by atoms with Gasteiger partial charge in [0, 0.05) is 6.54 Å². The van der Waals surface area contributed by atoms with Crippen LogP contribution in [0, 0.1) is 0 Å². The largest absolute Gasteiger partial charge is 0.303 e. The fraction of sp³-hybridized carbons (Fsp3) is 0.692. The van der Waals surface area contributed by atoms with Gasteiger partial charge < -0.3 is 4.57 Å². The van der Waals surface area contributed by atoms with Gasteiger partial charge in [0.1, 0.15) is 0 Å². The second kappa shape index (κ2) is 4.86. The summed E-state index contributed by atoms with van der Waals surface area (Å²) in [5, 5.41) is 1.41. The highest BCUT2D eigenvalue weighted by molar-refractivity contribution is 6.88. The molecule has 1 saturated heterocycles. The zero-order valence-corrected chi connectivity index (χ0v) is 12.5. The lowest BCUT2D eigenvalue weighted by Crippen LogP contribution is -2.77. The third-order valence-corrected chi connectivity index (χ3v) is 8.66. The van der Waals surface area contributed by atoms with Crippen LogP contribution in [0.2, 0.25) is 0 Å². The summed E-state index contributed by atoms with van der Waals surface area (Å²) in [5.74, 6) is 0. The van der Waals surface area contributed by atoms with E-state index >= 15 is 0 Å². The maximum Gasteiger partial charge on any atom is 0.262 e. The number of nitrogens with zero attached hydrogens (tertiary/aromatic N) is 2. The molecule has 0 amide bonds. The van der Waals surface area contributed by atoms with E-state index in [1.807, 2.05) is 0 Å². The van der Waals surface area contributed by atoms with Crippen LogP contribution in [0.25, 0.3) is 0 Å². The van der Waals surface area contributed by atoms with Crippen molar-refractivity contribution in [1.82, 2.24) is 9.13 Å². The van der Waals surface area contributed by atoms with E-state index in [9.17, 15) is 0 Å². The van der Waals surface area contributed by atoms with E-state index < -0.39 is 8.40 Å². The fourth-order valence-electron chi connectivity index (χ4n) is 2.88. The molecule has 0 aliphatic carbocycles. The third kappa shape index (κ3) is 1.81. The van der Waals surface area contributed by atoms with E-state index in [4.69, 9.17) is 0 Å². The molecular weight excluding hydrogens is 212 g/mol. The van der Waals surface area contributed by atoms with Gasteiger partial charge in [-0.15, -0.1) is 6.58 Å². The highest BCUT2D eigenvalue weighted by atomic mass is 28.4. The van der Waals surface area contributed by atoms with E-state index in [-0.39, 0.29) is 0 Å². The van der Waals surface area contributed by atoms with Crippen molar-refractivity contribution in [3.63, 3.8) is 0 Å². The maximum absolute atomic E-state index is 4.28. The zero-order valence-electron chi connectivity index (χ0n) is 11.5. The monoisotopic (exact) mass is 238 g/mol. The molecule has 1 unspecified atom stereocenters. The van der Waals surface area contributed by atoms with Gasteiger partial charge in [0.25, 0.3) is 8.40 Å². The minimum atomic E-state index is -1.77. The summed E-state index contributed by atoms with van der Waals surface area (Å²) in [6.07, 6.45) is 0. The molecule has 0 radical (unpaired) electrons. The van der Waals surface area contributed by atoms with E-state index in [1.165, 1.54) is 5.20 Å². The minimum Gasteiger partial charge on any atom is -0.303 e. The van der Waals surface area contributed by atoms with Crippen LogP contribution in [0.1, 0.15) is 34.6 Å². The molecule has 92 valence electrons. The van der Waals surface area contributed by atoms with Crippen molar-refractivity contribution < 1.29 is 0 Å². The molecule has 1 rings (SSSR count). The summed E-state index contributed by atoms with van der Waals surface area (Å²) in [6.45, 7) is 21.8. The second-order valence-electron chi connectivity index (χ2n) is 5.14. The molecule has 2 nitrogen and oxygen atoms in total. The van der Waals surface area contributed by atoms with E-state index in [0.717, 1.165) is 13.1 Å². The van der Waals surface area contributed by atoms with Crippen molar-refractivity contribution in [1.29, 1.82) is 0 Å². The lowest BCUT2D eigenvalue weighted by atomic mass is 10.4. The van der Waals surface area contributed by atoms with Crippen molar-refractivity contribution in [2.45, 2.75) is 46.7 Å². The van der Waals surface area contributed by atoms with E-state index in [1.54, 1.807) is 0 Å². The zero-order chi connectivity index (χ0) is 12.5. The Kier molecular flexibility index (Phi) is 4.15. The Morgan fingerprint density at radius 1 is 1.44 bits per heavy atom. The van der Waals surface area contributed by atoms with Crippen molar-refractivity contribution >= 4 is 8.40 Å². The van der Waals surface area contributed by atoms with Crippen molar-refractivity contribution in [2.75, 3.05) is 13.1 Å². The summed E-state index contributed by atoms with van der Waals surface area (Å²) in [5.41, 5.74) is 2.20. The normalized spacial score (nSPS) is 26.6. The molecule has 1 heterocycles. The fourth-order valence-corrected chi connectivity index (χ4v) is 7.41. The van der Waals surface area contributed by atoms with Crippen LogP contribution < -0.4 is 0 Å². The Morgan fingerprint density at radius 2 is 2.00 bits per heavy atom. The smallest absolute Gasteiger partial charge is 0.262 e. The van der Waals surface area contributed by atoms with Crippen LogP contribution in [0.4, 0.5) is 0 Å². The van der Waals surface area contributed by atoms with Gasteiger partial charge in [0.2, 0.25) is 0 Å². The minimum absolute atomic E-state index is 0.563. The predicted octanol–water partition coefficient (Wildman–Crippen LogP) is 2.70. The molecule has 1 aliphatic rings. The molecule has 0 aromatic rings. The van der Waals surface area contributed by atoms with Gasteiger partial charge in [-0.1, -0.05) is 46.9 Å². The highest BCUT2D eigenvalue weighted by Gasteiger charge is 2.54. The van der Waals surface area contributed by atoms with Crippen molar-refractivity contribution in [3.05, 3.63) is 24.1 Å². The topological polar surface area (TPSA) is 6.48 Å². The van der Waals surface area contributed by atoms with Gasteiger partial charge in [-0.2, -0.15) is 0 Å². The number of rotatable bonds is 5. The quantitative estimate of drug-likeness (QED) is 0.680. The summed E-state index contributed by atoms with van der Waals surface area (Å²) in [6, 6.07) is 1.15. The Balaban J connectivity index is 3.07. The van der Waals surface area contributed by atoms with Crippen LogP contribution >= 0.6 is 0 Å². The Hall–Kier alpha value is -0.383. The maximum atomic E-state index is 4.28. The summed E-state index contributed by atoms with van der Waals surface area (Å²) in [4.78, 5) is 0. The molecule has 0 saturated carbocycles. The first-order chi connectivity index (χ1) is 7.41. The van der Waals surface area contributed by atoms with E-state index in [2.05, 4.69) is 62.6 Å². The molecule has 1 aliphatic heterocycles. The predicted molar refractivity (Wildman–Crippen MR) is 74.4 cm³/mol. The lowest BCUT2D eigenvalue weighted by Gasteiger charge is -2.59. The lowest BCUT2D eigenvalue weighted by molar-refractivity contribution is 0.256. The SMILES string of the molecule is C=C[Si]1(N(CC)C(C)C)C(=C)CN1C(C)C. The molecule has 0 bridgehead atoms. The van der Waals surface area contributed by atoms with E-state index in [0.29, 0.717) is 12.1 Å². The first-order valence-corrected chi connectivity index (χ1v) is 8.24. The Morgan fingerprint density at radius 3 is 2.25 bits per heavy atom. The van der Waals surface area contributed by atoms with Crippen LogP contribution in [-0.4, -0.2) is 42.7 Å². The van der Waals surface area contributed by atoms with Gasteiger partial charge in [0.05, 0.1) is 0 Å². The average Bonchev–Trinajstić information content (AvgIpc) is 2.20. The van der Waals surface area contributed by atoms with Gasteiger partial charge in [-0.3, -0.25) is 4.57 Å². The average molecular weight is 238 g/mol. The molecule has 0 spiro atoms. The summed E-state index contributed by atoms with van der Waals surface area (Å²) >= 11 is 0. The molecule has 16 heavy (non-hydrogen) atoms. The summed E-state index contributed by atoms with van der Waals surface area (Å²) in [7, 11) is -1.77. The first kappa shape index (κ1) is 13.7. The van der Waals surface area contributed by atoms with Crippen molar-refractivity contribution in [3.8, 4) is 0 Å². The molecule has 1 fully saturated rings. The van der Waals surface area contributed by atoms with Gasteiger partial charge in [0.15, 0.2) is 0 Å². The van der Waals surface area contributed by atoms with Gasteiger partial charge in [-0.05, 0) is 23.8 Å². The van der Waals surface area contributed by atoms with Crippen LogP contribution in [-0.2, 0) is 0 Å². The van der Waals surface area contributed by atoms with Gasteiger partial charge >= 0.3 is 0 Å². The highest BCUT2D eigenvalue weighted by Crippen LogP contribution is 2.37. The molecule has 0 N–H and O–H groups in total. The third-order valence-electron chi connectivity index (χ3n) is 3.63. The number of hydrogen-bond donors (Lipinski definition) is 0.